The Morgan fingerprint density at radius 3 is 2.45 bits per heavy atom. The van der Waals surface area contributed by atoms with Gasteiger partial charge in [0.1, 0.15) is 0 Å². The number of aliphatic carboxylic acids is 1. The number of hydrogen-bond donors (Lipinski definition) is 3. The number of aromatic nitrogens is 2. The lowest BCUT2D eigenvalue weighted by Gasteiger charge is -2.23. The number of aromatic amines is 1. The Balaban J connectivity index is 2.44. The van der Waals surface area contributed by atoms with Gasteiger partial charge in [0.25, 0.3) is 5.91 Å². The molecule has 6 nitrogen and oxygen atoms in total. The van der Waals surface area contributed by atoms with Gasteiger partial charge in [-0.05, 0) is 32.1 Å². The average molecular weight is 281 g/mol. The van der Waals surface area contributed by atoms with Crippen LogP contribution < -0.4 is 5.32 Å². The number of carbonyl (C=O) groups is 2. The van der Waals surface area contributed by atoms with Gasteiger partial charge in [0.05, 0.1) is 11.3 Å². The van der Waals surface area contributed by atoms with Crippen molar-refractivity contribution >= 4 is 11.9 Å². The Morgan fingerprint density at radius 2 is 1.95 bits per heavy atom. The Morgan fingerprint density at radius 1 is 1.30 bits per heavy atom. The molecule has 0 spiro atoms. The molecule has 0 aliphatic rings. The zero-order chi connectivity index (χ0) is 15.3. The molecule has 0 bridgehead atoms. The third kappa shape index (κ3) is 4.68. The van der Waals surface area contributed by atoms with E-state index in [0.717, 1.165) is 12.1 Å². The number of aryl methyl sites for hydroxylation is 2. The number of H-pyrrole nitrogens is 1. The van der Waals surface area contributed by atoms with Crippen molar-refractivity contribution in [3.05, 3.63) is 17.0 Å². The van der Waals surface area contributed by atoms with Crippen LogP contribution in [-0.2, 0) is 4.79 Å². The van der Waals surface area contributed by atoms with Gasteiger partial charge >= 0.3 is 5.97 Å². The number of hydrogen-bond acceptors (Lipinski definition) is 3. The van der Waals surface area contributed by atoms with Crippen LogP contribution in [0.25, 0.3) is 0 Å². The standard InChI is InChI=1S/C14H23N3O3/c1-9-12(10(2)17-16-9)13(20)15-8-7-14(3,4)6-5-11(18)19/h5-8H2,1-4H3,(H,15,20)(H,16,17)(H,18,19). The number of nitrogens with one attached hydrogen (secondary N) is 2. The molecule has 0 atom stereocenters. The lowest BCUT2D eigenvalue weighted by molar-refractivity contribution is -0.137. The van der Waals surface area contributed by atoms with Crippen LogP contribution in [-0.4, -0.2) is 33.7 Å². The van der Waals surface area contributed by atoms with Crippen molar-refractivity contribution in [2.75, 3.05) is 6.54 Å². The van der Waals surface area contributed by atoms with Gasteiger partial charge in [0, 0.05) is 18.7 Å². The highest BCUT2D eigenvalue weighted by molar-refractivity contribution is 5.96. The van der Waals surface area contributed by atoms with Crippen LogP contribution in [0.1, 0.15) is 54.9 Å². The lowest BCUT2D eigenvalue weighted by Crippen LogP contribution is -2.29. The second-order valence-electron chi connectivity index (χ2n) is 5.87. The fourth-order valence-corrected chi connectivity index (χ4v) is 2.06. The topological polar surface area (TPSA) is 95.1 Å². The summed E-state index contributed by atoms with van der Waals surface area (Å²) in [6.07, 6.45) is 1.49. The van der Waals surface area contributed by atoms with Crippen LogP contribution in [0.4, 0.5) is 0 Å². The van der Waals surface area contributed by atoms with Crippen LogP contribution in [0.3, 0.4) is 0 Å². The summed E-state index contributed by atoms with van der Waals surface area (Å²) in [6.45, 7) is 8.14. The van der Waals surface area contributed by atoms with Gasteiger partial charge in [-0.2, -0.15) is 5.10 Å². The minimum absolute atomic E-state index is 0.105. The molecule has 112 valence electrons. The van der Waals surface area contributed by atoms with E-state index in [1.54, 1.807) is 6.92 Å². The van der Waals surface area contributed by atoms with E-state index in [1.165, 1.54) is 0 Å². The van der Waals surface area contributed by atoms with E-state index in [9.17, 15) is 9.59 Å². The summed E-state index contributed by atoms with van der Waals surface area (Å²) in [7, 11) is 0. The molecule has 0 fully saturated rings. The van der Waals surface area contributed by atoms with Crippen LogP contribution in [0, 0.1) is 19.3 Å². The molecule has 1 rings (SSSR count). The monoisotopic (exact) mass is 281 g/mol. The van der Waals surface area contributed by atoms with E-state index in [0.29, 0.717) is 24.2 Å². The molecule has 1 aromatic rings. The first-order valence-corrected chi connectivity index (χ1v) is 6.74. The summed E-state index contributed by atoms with van der Waals surface area (Å²) in [4.78, 5) is 22.6. The zero-order valence-corrected chi connectivity index (χ0v) is 12.5. The van der Waals surface area contributed by atoms with Gasteiger partial charge in [0.15, 0.2) is 0 Å². The average Bonchev–Trinajstić information content (AvgIpc) is 2.66. The van der Waals surface area contributed by atoms with E-state index in [2.05, 4.69) is 15.5 Å². The molecule has 20 heavy (non-hydrogen) atoms. The molecule has 0 aromatic carbocycles. The summed E-state index contributed by atoms with van der Waals surface area (Å²) < 4.78 is 0. The molecule has 1 amide bonds. The number of carboxylic acid groups (broad SMARTS) is 1. The normalized spacial score (nSPS) is 11.4. The van der Waals surface area contributed by atoms with Gasteiger partial charge in [-0.15, -0.1) is 0 Å². The van der Waals surface area contributed by atoms with Crippen molar-refractivity contribution in [3.8, 4) is 0 Å². The summed E-state index contributed by atoms with van der Waals surface area (Å²) in [5.41, 5.74) is 1.93. The van der Waals surface area contributed by atoms with Crippen molar-refractivity contribution in [2.45, 2.75) is 47.0 Å². The van der Waals surface area contributed by atoms with E-state index >= 15 is 0 Å². The molecule has 0 aliphatic heterocycles. The molecule has 0 radical (unpaired) electrons. The first-order valence-electron chi connectivity index (χ1n) is 6.74. The highest BCUT2D eigenvalue weighted by Gasteiger charge is 2.20. The van der Waals surface area contributed by atoms with Crippen LogP contribution >= 0.6 is 0 Å². The number of carbonyl (C=O) groups excluding carboxylic acids is 1. The summed E-state index contributed by atoms with van der Waals surface area (Å²) in [6, 6.07) is 0. The first-order chi connectivity index (χ1) is 9.23. The third-order valence-corrected chi connectivity index (χ3v) is 3.46. The Labute approximate surface area is 119 Å². The van der Waals surface area contributed by atoms with Crippen molar-refractivity contribution in [3.63, 3.8) is 0 Å². The molecular formula is C14H23N3O3. The van der Waals surface area contributed by atoms with Gasteiger partial charge in [-0.1, -0.05) is 13.8 Å². The van der Waals surface area contributed by atoms with Crippen molar-refractivity contribution in [1.29, 1.82) is 0 Å². The Hall–Kier alpha value is -1.85. The molecule has 3 N–H and O–H groups in total. The summed E-state index contributed by atoms with van der Waals surface area (Å²) in [5.74, 6) is -0.922. The molecule has 0 unspecified atom stereocenters. The maximum atomic E-state index is 12.0. The number of carboxylic acids is 1. The molecule has 1 aromatic heterocycles. The second-order valence-corrected chi connectivity index (χ2v) is 5.87. The first kappa shape index (κ1) is 16.2. The SMILES string of the molecule is Cc1n[nH]c(C)c1C(=O)NCCC(C)(C)CCC(=O)O. The number of nitrogens with zero attached hydrogens (tertiary/aromatic N) is 1. The molecule has 6 heteroatoms. The fraction of sp³-hybridized carbons (Fsp3) is 0.643. The van der Waals surface area contributed by atoms with E-state index < -0.39 is 5.97 Å². The fourth-order valence-electron chi connectivity index (χ4n) is 2.06. The van der Waals surface area contributed by atoms with Crippen molar-refractivity contribution in [2.24, 2.45) is 5.41 Å². The minimum atomic E-state index is -0.785. The lowest BCUT2D eigenvalue weighted by atomic mass is 9.84. The number of amides is 1. The van der Waals surface area contributed by atoms with E-state index in [4.69, 9.17) is 5.11 Å². The van der Waals surface area contributed by atoms with Crippen molar-refractivity contribution in [1.82, 2.24) is 15.5 Å². The van der Waals surface area contributed by atoms with Gasteiger partial charge < -0.3 is 10.4 Å². The Bertz CT molecular complexity index is 472. The smallest absolute Gasteiger partial charge is 0.303 e. The number of rotatable bonds is 7. The second kappa shape index (κ2) is 6.54. The molecular weight excluding hydrogens is 258 g/mol. The maximum absolute atomic E-state index is 12.0. The highest BCUT2D eigenvalue weighted by Crippen LogP contribution is 2.26. The quantitative estimate of drug-likeness (QED) is 0.712. The summed E-state index contributed by atoms with van der Waals surface area (Å²) >= 11 is 0. The molecule has 1 heterocycles. The van der Waals surface area contributed by atoms with E-state index in [1.807, 2.05) is 20.8 Å². The molecule has 0 saturated heterocycles. The maximum Gasteiger partial charge on any atom is 0.303 e. The van der Waals surface area contributed by atoms with Crippen molar-refractivity contribution < 1.29 is 14.7 Å². The Kier molecular flexibility index (Phi) is 5.30. The third-order valence-electron chi connectivity index (χ3n) is 3.46. The predicted molar refractivity (Wildman–Crippen MR) is 75.7 cm³/mol. The van der Waals surface area contributed by atoms with Crippen LogP contribution in [0.2, 0.25) is 0 Å². The van der Waals surface area contributed by atoms with Gasteiger partial charge in [0.2, 0.25) is 0 Å². The van der Waals surface area contributed by atoms with Crippen LogP contribution in [0.15, 0.2) is 0 Å². The predicted octanol–water partition coefficient (Wildman–Crippen LogP) is 2.04. The van der Waals surface area contributed by atoms with Gasteiger partial charge in [-0.3, -0.25) is 14.7 Å². The van der Waals surface area contributed by atoms with Gasteiger partial charge in [-0.25, -0.2) is 0 Å². The molecule has 0 saturated carbocycles. The van der Waals surface area contributed by atoms with E-state index in [-0.39, 0.29) is 17.7 Å². The largest absolute Gasteiger partial charge is 0.481 e. The molecule has 0 aliphatic carbocycles. The minimum Gasteiger partial charge on any atom is -0.481 e. The zero-order valence-electron chi connectivity index (χ0n) is 12.5. The highest BCUT2D eigenvalue weighted by atomic mass is 16.4. The van der Waals surface area contributed by atoms with Crippen LogP contribution in [0.5, 0.6) is 0 Å². The summed E-state index contributed by atoms with van der Waals surface area (Å²) in [5, 5.41) is 18.3.